The van der Waals surface area contributed by atoms with Crippen LogP contribution in [0, 0.1) is 17.8 Å². The highest BCUT2D eigenvalue weighted by atomic mass is 32.1. The third kappa shape index (κ3) is 9.83. The monoisotopic (exact) mass is 878 g/mol. The van der Waals surface area contributed by atoms with Gasteiger partial charge in [0.25, 0.3) is 0 Å². The molecule has 4 aliphatic heterocycles. The summed E-state index contributed by atoms with van der Waals surface area (Å²) in [5.41, 5.74) is 6.57. The number of benzene rings is 2. The number of anilines is 2. The number of fused-ring (bicyclic) bond motifs is 3. The molecule has 6 heterocycles. The first-order valence-electron chi connectivity index (χ1n) is 22.3. The van der Waals surface area contributed by atoms with Crippen LogP contribution in [0.3, 0.4) is 0 Å². The minimum absolute atomic E-state index is 0.0240. The van der Waals surface area contributed by atoms with E-state index < -0.39 is 23.6 Å². The first kappa shape index (κ1) is 44.4. The Morgan fingerprint density at radius 1 is 0.984 bits per heavy atom. The number of phenols is 1. The molecule has 15 nitrogen and oxygen atoms in total. The van der Waals surface area contributed by atoms with Gasteiger partial charge < -0.3 is 36.0 Å². The van der Waals surface area contributed by atoms with Gasteiger partial charge in [-0.2, -0.15) is 0 Å². The Balaban J connectivity index is 0.826. The molecule has 336 valence electrons. The Labute approximate surface area is 374 Å². The van der Waals surface area contributed by atoms with Gasteiger partial charge in [-0.3, -0.25) is 24.2 Å². The predicted octanol–water partition coefficient (Wildman–Crippen LogP) is 4.67. The van der Waals surface area contributed by atoms with Crippen LogP contribution in [0.5, 0.6) is 5.75 Å². The van der Waals surface area contributed by atoms with Crippen molar-refractivity contribution in [3.05, 3.63) is 71.4 Å². The summed E-state index contributed by atoms with van der Waals surface area (Å²) in [4.78, 5) is 55.8. The standard InChI is InChI=1S/C47H62N10O5S/c1-29(31-11-13-32(14-12-31)41-30(2)49-28-63-41)50-44(61)38-21-34(58)25-57(38)45(62)42(46(3,4)5)51-40(60)26-54-17-15-47(6,16-18-54)27-55-19-20-56-33(24-55)23-48-43-37(56)22-36(52-53-43)35-9-7-8-10-39(35)59/h7-14,22,28-29,33-34,38,42,58-59H,15-21,23-27H2,1-6H3,(H,48,53)(H,50,61)(H,51,60)/t29?,33-,34+,38-,42?/m0/s1. The number of amides is 3. The number of aliphatic hydroxyl groups is 1. The number of piperidine rings is 1. The molecular weight excluding hydrogens is 817 g/mol. The molecule has 2 unspecified atom stereocenters. The summed E-state index contributed by atoms with van der Waals surface area (Å²) < 4.78 is 0. The molecule has 3 amide bonds. The molecule has 2 aromatic carbocycles. The van der Waals surface area contributed by atoms with E-state index in [2.05, 4.69) is 52.8 Å². The number of hydrogen-bond acceptors (Lipinski definition) is 13. The number of carbonyl (C=O) groups excluding carboxylic acids is 3. The highest BCUT2D eigenvalue weighted by Crippen LogP contribution is 2.38. The SMILES string of the molecule is Cc1ncsc1-c1ccc(C(C)NC(=O)[C@@H]2C[C@@H](O)CN2C(=O)C(NC(=O)CN2CCC(C)(CN3CCN4c5cc(-c6ccccc6O)nnc5NC[C@H]4C3)CC2)C(C)(C)C)cc1. The summed E-state index contributed by atoms with van der Waals surface area (Å²) in [7, 11) is 0. The van der Waals surface area contributed by atoms with Crippen LogP contribution >= 0.6 is 11.3 Å². The number of phenolic OH excluding ortho intramolecular Hbond substituents is 1. The minimum atomic E-state index is -0.884. The zero-order valence-electron chi connectivity index (χ0n) is 37.3. The lowest BCUT2D eigenvalue weighted by molar-refractivity contribution is -0.144. The maximum Gasteiger partial charge on any atom is 0.246 e. The fourth-order valence-electron chi connectivity index (χ4n) is 9.69. The van der Waals surface area contributed by atoms with Crippen LogP contribution in [0.2, 0.25) is 0 Å². The number of likely N-dealkylation sites (tertiary alicyclic amines) is 2. The van der Waals surface area contributed by atoms with E-state index in [4.69, 9.17) is 0 Å². The van der Waals surface area contributed by atoms with Gasteiger partial charge in [0.1, 0.15) is 17.8 Å². The van der Waals surface area contributed by atoms with Crippen LogP contribution in [0.15, 0.2) is 60.1 Å². The molecule has 4 aliphatic rings. The lowest BCUT2D eigenvalue weighted by Crippen LogP contribution is -2.60. The molecule has 3 fully saturated rings. The van der Waals surface area contributed by atoms with Gasteiger partial charge in [-0.1, -0.05) is 64.1 Å². The van der Waals surface area contributed by atoms with E-state index in [-0.39, 0.29) is 60.5 Å². The number of aliphatic hydroxyl groups excluding tert-OH is 1. The summed E-state index contributed by atoms with van der Waals surface area (Å²) in [6.07, 6.45) is 1.18. The van der Waals surface area contributed by atoms with Crippen LogP contribution < -0.4 is 20.9 Å². The Morgan fingerprint density at radius 3 is 2.43 bits per heavy atom. The van der Waals surface area contributed by atoms with Crippen molar-refractivity contribution < 1.29 is 24.6 Å². The van der Waals surface area contributed by atoms with Crippen LogP contribution in [-0.4, -0.2) is 141 Å². The van der Waals surface area contributed by atoms with Gasteiger partial charge in [0.15, 0.2) is 5.82 Å². The van der Waals surface area contributed by atoms with E-state index in [1.807, 2.05) is 82.6 Å². The molecule has 0 bridgehead atoms. The number of carbonyl (C=O) groups is 3. The van der Waals surface area contributed by atoms with Gasteiger partial charge in [0, 0.05) is 51.3 Å². The maximum absolute atomic E-state index is 14.3. The molecule has 0 radical (unpaired) electrons. The Bertz CT molecular complexity index is 2290. The number of piperazine rings is 1. The average molecular weight is 879 g/mol. The summed E-state index contributed by atoms with van der Waals surface area (Å²) in [6, 6.07) is 15.5. The number of thiazole rings is 1. The van der Waals surface area contributed by atoms with Gasteiger partial charge in [-0.15, -0.1) is 21.5 Å². The number of rotatable bonds is 11. The van der Waals surface area contributed by atoms with Crippen molar-refractivity contribution in [3.8, 4) is 27.4 Å². The highest BCUT2D eigenvalue weighted by molar-refractivity contribution is 7.13. The van der Waals surface area contributed by atoms with E-state index in [0.717, 1.165) is 91.9 Å². The largest absolute Gasteiger partial charge is 0.507 e. The molecule has 16 heteroatoms. The summed E-state index contributed by atoms with van der Waals surface area (Å²) in [5, 5.41) is 39.6. The normalized spacial score (nSPS) is 22.4. The maximum atomic E-state index is 14.3. The number of para-hydroxylation sites is 1. The zero-order valence-corrected chi connectivity index (χ0v) is 38.1. The molecule has 0 saturated carbocycles. The molecular formula is C47H62N10O5S. The molecule has 4 aromatic rings. The molecule has 5 N–H and O–H groups in total. The Morgan fingerprint density at radius 2 is 1.73 bits per heavy atom. The lowest BCUT2D eigenvalue weighted by Gasteiger charge is -2.49. The van der Waals surface area contributed by atoms with Crippen molar-refractivity contribution in [1.29, 1.82) is 0 Å². The van der Waals surface area contributed by atoms with Crippen molar-refractivity contribution in [3.63, 3.8) is 0 Å². The molecule has 63 heavy (non-hydrogen) atoms. The molecule has 0 aliphatic carbocycles. The third-order valence-corrected chi connectivity index (χ3v) is 14.4. The Hall–Kier alpha value is -5.16. The molecule has 8 rings (SSSR count). The first-order valence-corrected chi connectivity index (χ1v) is 23.1. The van der Waals surface area contributed by atoms with E-state index in [0.29, 0.717) is 11.3 Å². The second-order valence-electron chi connectivity index (χ2n) is 19.4. The van der Waals surface area contributed by atoms with Crippen LogP contribution in [0.4, 0.5) is 11.5 Å². The van der Waals surface area contributed by atoms with E-state index >= 15 is 0 Å². The number of aromatic hydroxyl groups is 1. The van der Waals surface area contributed by atoms with Crippen molar-refractivity contribution in [1.82, 2.24) is 40.5 Å². The fraction of sp³-hybridized carbons (Fsp3) is 0.532. The van der Waals surface area contributed by atoms with Crippen molar-refractivity contribution in [2.24, 2.45) is 10.8 Å². The number of nitrogens with zero attached hydrogens (tertiary/aromatic N) is 7. The number of β-amino-alcohol motifs (C(OH)–C–C–N with tert-alkyl or cyclic N) is 1. The zero-order chi connectivity index (χ0) is 44.6. The minimum Gasteiger partial charge on any atom is -0.507 e. The van der Waals surface area contributed by atoms with Crippen LogP contribution in [-0.2, 0) is 14.4 Å². The highest BCUT2D eigenvalue weighted by Gasteiger charge is 2.45. The lowest BCUT2D eigenvalue weighted by atomic mass is 9.79. The number of aryl methyl sites for hydroxylation is 1. The molecule has 5 atom stereocenters. The van der Waals surface area contributed by atoms with Crippen LogP contribution in [0.25, 0.3) is 21.7 Å². The van der Waals surface area contributed by atoms with Crippen molar-refractivity contribution in [2.45, 2.75) is 91.1 Å². The second-order valence-corrected chi connectivity index (χ2v) is 20.3. The summed E-state index contributed by atoms with van der Waals surface area (Å²) in [6.45, 7) is 18.2. The quantitative estimate of drug-likeness (QED) is 0.141. The second kappa shape index (κ2) is 18.1. The summed E-state index contributed by atoms with van der Waals surface area (Å²) >= 11 is 1.59. The fourth-order valence-corrected chi connectivity index (χ4v) is 10.5. The van der Waals surface area contributed by atoms with E-state index in [9.17, 15) is 24.6 Å². The van der Waals surface area contributed by atoms with Gasteiger partial charge in [0.05, 0.1) is 52.2 Å². The van der Waals surface area contributed by atoms with Crippen molar-refractivity contribution in [2.75, 3.05) is 69.1 Å². The summed E-state index contributed by atoms with van der Waals surface area (Å²) in [5.74, 6) is 0.0324. The smallest absolute Gasteiger partial charge is 0.246 e. The van der Waals surface area contributed by atoms with Gasteiger partial charge in [-0.25, -0.2) is 4.98 Å². The topological polar surface area (TPSA) is 179 Å². The molecule has 0 spiro atoms. The van der Waals surface area contributed by atoms with E-state index in [1.54, 1.807) is 23.5 Å². The predicted molar refractivity (Wildman–Crippen MR) is 245 cm³/mol. The number of hydrogen-bond donors (Lipinski definition) is 5. The van der Waals surface area contributed by atoms with Gasteiger partial charge in [-0.05, 0) is 79.9 Å². The van der Waals surface area contributed by atoms with Gasteiger partial charge >= 0.3 is 0 Å². The number of aromatic nitrogens is 3. The Kier molecular flexibility index (Phi) is 12.8. The van der Waals surface area contributed by atoms with E-state index in [1.165, 1.54) is 4.90 Å². The molecule has 3 saturated heterocycles. The number of nitrogens with one attached hydrogen (secondary N) is 3. The first-order chi connectivity index (χ1) is 30.0. The van der Waals surface area contributed by atoms with Gasteiger partial charge in [0.2, 0.25) is 17.7 Å². The molecule has 2 aromatic heterocycles. The average Bonchev–Trinajstić information content (AvgIpc) is 3.88. The van der Waals surface area contributed by atoms with Crippen molar-refractivity contribution >= 4 is 40.6 Å². The third-order valence-electron chi connectivity index (χ3n) is 13.4. The van der Waals surface area contributed by atoms with Crippen LogP contribution in [0.1, 0.15) is 71.2 Å².